The van der Waals surface area contributed by atoms with Crippen LogP contribution >= 0.6 is 11.8 Å². The molecule has 0 unspecified atom stereocenters. The van der Waals surface area contributed by atoms with Crippen LogP contribution in [0.15, 0.2) is 16.5 Å². The van der Waals surface area contributed by atoms with Crippen LogP contribution in [0.5, 0.6) is 0 Å². The van der Waals surface area contributed by atoms with Gasteiger partial charge in [0, 0.05) is 19.1 Å². The summed E-state index contributed by atoms with van der Waals surface area (Å²) < 4.78 is 29.5. The molecule has 0 amide bonds. The molecule has 1 heterocycles. The third-order valence-corrected chi connectivity index (χ3v) is 3.59. The number of nitrogens with zero attached hydrogens (tertiary/aromatic N) is 1. The Hall–Kier alpha value is -0.590. The lowest BCUT2D eigenvalue weighted by molar-refractivity contribution is 0.251. The number of nitrogens with one attached hydrogen (secondary N) is 1. The van der Waals surface area contributed by atoms with Crippen molar-refractivity contribution in [3.63, 3.8) is 0 Å². The minimum Gasteiger partial charge on any atom is -0.464 e. The van der Waals surface area contributed by atoms with Gasteiger partial charge in [-0.05, 0) is 33.0 Å². The van der Waals surface area contributed by atoms with Gasteiger partial charge in [0.05, 0.1) is 12.3 Å². The number of alkyl halides is 2. The van der Waals surface area contributed by atoms with Gasteiger partial charge >= 0.3 is 0 Å². The van der Waals surface area contributed by atoms with E-state index in [2.05, 4.69) is 31.1 Å². The van der Waals surface area contributed by atoms with Crippen molar-refractivity contribution in [2.75, 3.05) is 20.1 Å². The van der Waals surface area contributed by atoms with E-state index in [0.717, 1.165) is 18.8 Å². The van der Waals surface area contributed by atoms with Crippen molar-refractivity contribution in [1.29, 1.82) is 0 Å². The lowest BCUT2D eigenvalue weighted by Gasteiger charge is -2.20. The fourth-order valence-corrected chi connectivity index (χ4v) is 1.91. The molecule has 0 atom stereocenters. The van der Waals surface area contributed by atoms with Gasteiger partial charge in [-0.25, -0.2) is 0 Å². The molecule has 0 saturated heterocycles. The summed E-state index contributed by atoms with van der Waals surface area (Å²) >= 11 is 0.579. The Kier molecular flexibility index (Phi) is 7.41. The minimum absolute atomic E-state index is 0.216. The molecule has 110 valence electrons. The van der Waals surface area contributed by atoms with Gasteiger partial charge in [-0.15, -0.1) is 0 Å². The quantitative estimate of drug-likeness (QED) is 0.708. The van der Waals surface area contributed by atoms with E-state index in [1.165, 1.54) is 0 Å². The lowest BCUT2D eigenvalue weighted by atomic mass is 10.3. The maximum absolute atomic E-state index is 12.0. The van der Waals surface area contributed by atoms with E-state index in [1.54, 1.807) is 6.07 Å². The van der Waals surface area contributed by atoms with Crippen LogP contribution in [-0.2, 0) is 12.3 Å². The number of likely N-dealkylation sites (N-methyl/N-ethyl adjacent to an activating group) is 1. The zero-order valence-electron chi connectivity index (χ0n) is 11.7. The Morgan fingerprint density at radius 3 is 2.63 bits per heavy atom. The van der Waals surface area contributed by atoms with Gasteiger partial charge in [0.2, 0.25) is 0 Å². The summed E-state index contributed by atoms with van der Waals surface area (Å²) in [5, 5.41) is 3.28. The zero-order chi connectivity index (χ0) is 14.3. The molecule has 1 aromatic rings. The lowest BCUT2D eigenvalue weighted by Crippen LogP contribution is -2.33. The van der Waals surface area contributed by atoms with Gasteiger partial charge in [0.15, 0.2) is 0 Å². The van der Waals surface area contributed by atoms with Gasteiger partial charge in [-0.2, -0.15) is 8.78 Å². The van der Waals surface area contributed by atoms with Crippen LogP contribution in [0.3, 0.4) is 0 Å². The van der Waals surface area contributed by atoms with E-state index in [9.17, 15) is 8.78 Å². The maximum atomic E-state index is 12.0. The van der Waals surface area contributed by atoms with E-state index in [-0.39, 0.29) is 5.75 Å². The smallest absolute Gasteiger partial charge is 0.284 e. The van der Waals surface area contributed by atoms with Crippen LogP contribution in [0.25, 0.3) is 0 Å². The van der Waals surface area contributed by atoms with Gasteiger partial charge < -0.3 is 14.6 Å². The first-order chi connectivity index (χ1) is 8.99. The Morgan fingerprint density at radius 2 is 2.00 bits per heavy atom. The van der Waals surface area contributed by atoms with Crippen molar-refractivity contribution < 1.29 is 13.2 Å². The fourth-order valence-electron chi connectivity index (χ4n) is 1.47. The second-order valence-electron chi connectivity index (χ2n) is 4.69. The number of hydrogen-bond acceptors (Lipinski definition) is 4. The molecular weight excluding hydrogens is 270 g/mol. The predicted octanol–water partition coefficient (Wildman–Crippen LogP) is 3.17. The zero-order valence-corrected chi connectivity index (χ0v) is 12.5. The monoisotopic (exact) mass is 292 g/mol. The summed E-state index contributed by atoms with van der Waals surface area (Å²) in [5.41, 5.74) is 0. The van der Waals surface area contributed by atoms with Crippen LogP contribution in [-0.4, -0.2) is 36.8 Å². The van der Waals surface area contributed by atoms with Crippen LogP contribution in [0.4, 0.5) is 8.78 Å². The Morgan fingerprint density at radius 1 is 1.32 bits per heavy atom. The largest absolute Gasteiger partial charge is 0.464 e. The molecule has 0 radical (unpaired) electrons. The van der Waals surface area contributed by atoms with Crippen LogP contribution < -0.4 is 5.32 Å². The van der Waals surface area contributed by atoms with Gasteiger partial charge in [0.1, 0.15) is 11.5 Å². The first-order valence-electron chi connectivity index (χ1n) is 6.37. The molecule has 0 bridgehead atoms. The molecule has 0 aliphatic carbocycles. The molecule has 0 spiro atoms. The Bertz CT molecular complexity index is 358. The fraction of sp³-hybridized carbons (Fsp3) is 0.692. The highest BCUT2D eigenvalue weighted by Gasteiger charge is 2.07. The third-order valence-electron chi connectivity index (χ3n) is 2.89. The number of rotatable bonds is 9. The van der Waals surface area contributed by atoms with Gasteiger partial charge in [-0.1, -0.05) is 11.8 Å². The van der Waals surface area contributed by atoms with Gasteiger partial charge in [0.25, 0.3) is 5.76 Å². The summed E-state index contributed by atoms with van der Waals surface area (Å²) in [5.74, 6) is -0.745. The highest BCUT2D eigenvalue weighted by Crippen LogP contribution is 2.21. The van der Waals surface area contributed by atoms with Crippen molar-refractivity contribution in [3.8, 4) is 0 Å². The molecule has 1 N–H and O–H groups in total. The average molecular weight is 292 g/mol. The molecule has 1 aromatic heterocycles. The van der Waals surface area contributed by atoms with Crippen molar-refractivity contribution in [1.82, 2.24) is 10.2 Å². The summed E-state index contributed by atoms with van der Waals surface area (Å²) in [4.78, 5) is 2.25. The number of thioether (sulfide) groups is 1. The second kappa shape index (κ2) is 8.55. The molecule has 0 aromatic carbocycles. The normalized spacial score (nSPS) is 12.0. The molecule has 0 fully saturated rings. The molecule has 1 rings (SSSR count). The summed E-state index contributed by atoms with van der Waals surface area (Å²) in [6.07, 6.45) is 0. The standard InChI is InChI=1S/C13H22F2N2OS/c1-10(2)17(3)7-6-16-8-11-4-5-12(18-11)9-19-13(14)15/h4-5,10,13,16H,6-9H2,1-3H3. The van der Waals surface area contributed by atoms with Crippen LogP contribution in [0.1, 0.15) is 25.4 Å². The van der Waals surface area contributed by atoms with Crippen molar-refractivity contribution in [2.24, 2.45) is 0 Å². The van der Waals surface area contributed by atoms with Crippen molar-refractivity contribution >= 4 is 11.8 Å². The first-order valence-corrected chi connectivity index (χ1v) is 7.42. The second-order valence-corrected chi connectivity index (χ2v) is 5.67. The SMILES string of the molecule is CC(C)N(C)CCNCc1ccc(CSC(F)F)o1. The molecule has 0 aliphatic heterocycles. The average Bonchev–Trinajstić information content (AvgIpc) is 2.79. The molecule has 6 heteroatoms. The van der Waals surface area contributed by atoms with E-state index >= 15 is 0 Å². The summed E-state index contributed by atoms with van der Waals surface area (Å²) in [7, 11) is 2.08. The molecular formula is C13H22F2N2OS. The molecule has 0 aliphatic rings. The van der Waals surface area contributed by atoms with E-state index in [4.69, 9.17) is 4.42 Å². The highest BCUT2D eigenvalue weighted by molar-refractivity contribution is 7.98. The van der Waals surface area contributed by atoms with Crippen LogP contribution in [0.2, 0.25) is 0 Å². The molecule has 3 nitrogen and oxygen atoms in total. The van der Waals surface area contributed by atoms with Crippen molar-refractivity contribution in [2.45, 2.75) is 37.9 Å². The molecule has 0 saturated carbocycles. The van der Waals surface area contributed by atoms with E-state index in [0.29, 0.717) is 30.1 Å². The predicted molar refractivity (Wildman–Crippen MR) is 75.5 cm³/mol. The number of furan rings is 1. The van der Waals surface area contributed by atoms with Crippen molar-refractivity contribution in [3.05, 3.63) is 23.7 Å². The summed E-state index contributed by atoms with van der Waals surface area (Å²) in [6, 6.07) is 4.12. The topological polar surface area (TPSA) is 28.4 Å². The number of hydrogen-bond donors (Lipinski definition) is 1. The Labute approximate surface area is 117 Å². The highest BCUT2D eigenvalue weighted by atomic mass is 32.2. The van der Waals surface area contributed by atoms with Crippen LogP contribution in [0, 0.1) is 0 Å². The van der Waals surface area contributed by atoms with Gasteiger partial charge in [-0.3, -0.25) is 0 Å². The number of halogens is 2. The minimum atomic E-state index is -2.35. The maximum Gasteiger partial charge on any atom is 0.284 e. The van der Waals surface area contributed by atoms with E-state index < -0.39 is 5.76 Å². The summed E-state index contributed by atoms with van der Waals surface area (Å²) in [6.45, 7) is 6.77. The third kappa shape index (κ3) is 6.94. The molecule has 19 heavy (non-hydrogen) atoms. The first kappa shape index (κ1) is 16.5. The van der Waals surface area contributed by atoms with E-state index in [1.807, 2.05) is 6.07 Å². The Balaban J connectivity index is 2.19.